The highest BCUT2D eigenvalue weighted by Gasteiger charge is 2.10. The van der Waals surface area contributed by atoms with E-state index in [1.807, 2.05) is 17.8 Å². The normalized spacial score (nSPS) is 10.6. The van der Waals surface area contributed by atoms with E-state index in [1.165, 1.54) is 11.3 Å². The number of carbonyl (C=O) groups is 1. The topological polar surface area (TPSA) is 85.8 Å². The monoisotopic (exact) mass is 265 g/mol. The number of nitrogens with two attached hydrogens (primary N) is 1. The maximum atomic E-state index is 11.8. The number of nitrogens with one attached hydrogen (secondary N) is 1. The summed E-state index contributed by atoms with van der Waals surface area (Å²) in [5.41, 5.74) is 5.88. The standard InChI is InChI=1S/C11H15N5OS/c1-16-5-4-13-9(16)6-14-11(17)8-7-18-10(15-8)2-3-12/h4-5,7H,2-3,6,12H2,1H3,(H,14,17). The van der Waals surface area contributed by atoms with Gasteiger partial charge in [-0.25, -0.2) is 9.97 Å². The van der Waals surface area contributed by atoms with Crippen LogP contribution in [0.2, 0.25) is 0 Å². The molecule has 0 aliphatic heterocycles. The van der Waals surface area contributed by atoms with Crippen LogP contribution in [-0.4, -0.2) is 27.0 Å². The second-order valence-electron chi connectivity index (χ2n) is 3.80. The summed E-state index contributed by atoms with van der Waals surface area (Å²) >= 11 is 1.46. The van der Waals surface area contributed by atoms with Crippen molar-refractivity contribution in [2.75, 3.05) is 6.54 Å². The summed E-state index contributed by atoms with van der Waals surface area (Å²) < 4.78 is 1.86. The number of amides is 1. The van der Waals surface area contributed by atoms with Gasteiger partial charge in [-0.3, -0.25) is 4.79 Å². The third kappa shape index (κ3) is 2.93. The molecular formula is C11H15N5OS. The lowest BCUT2D eigenvalue weighted by Crippen LogP contribution is -2.24. The van der Waals surface area contributed by atoms with Crippen molar-refractivity contribution < 1.29 is 4.79 Å². The molecule has 0 radical (unpaired) electrons. The van der Waals surface area contributed by atoms with Crippen molar-refractivity contribution in [3.05, 3.63) is 34.3 Å². The van der Waals surface area contributed by atoms with Crippen LogP contribution in [0.15, 0.2) is 17.8 Å². The molecule has 6 nitrogen and oxygen atoms in total. The van der Waals surface area contributed by atoms with Gasteiger partial charge < -0.3 is 15.6 Å². The average molecular weight is 265 g/mol. The molecule has 2 rings (SSSR count). The Balaban J connectivity index is 1.93. The van der Waals surface area contributed by atoms with Crippen molar-refractivity contribution >= 4 is 17.2 Å². The second kappa shape index (κ2) is 5.74. The largest absolute Gasteiger partial charge is 0.343 e. The molecule has 0 spiro atoms. The van der Waals surface area contributed by atoms with E-state index in [0.29, 0.717) is 25.2 Å². The molecule has 0 bridgehead atoms. The van der Waals surface area contributed by atoms with Crippen LogP contribution in [0.1, 0.15) is 21.3 Å². The first-order valence-corrected chi connectivity index (χ1v) is 6.47. The van der Waals surface area contributed by atoms with Crippen LogP contribution in [0, 0.1) is 0 Å². The third-order valence-corrected chi connectivity index (χ3v) is 3.38. The molecule has 2 aromatic rings. The fourth-order valence-corrected chi connectivity index (χ4v) is 2.26. The fourth-order valence-electron chi connectivity index (χ4n) is 1.47. The van der Waals surface area contributed by atoms with Gasteiger partial charge in [0.15, 0.2) is 0 Å². The lowest BCUT2D eigenvalue weighted by Gasteiger charge is -2.03. The second-order valence-corrected chi connectivity index (χ2v) is 4.74. The van der Waals surface area contributed by atoms with E-state index in [0.717, 1.165) is 10.8 Å². The Morgan fingerprint density at radius 2 is 2.44 bits per heavy atom. The summed E-state index contributed by atoms with van der Waals surface area (Å²) in [6, 6.07) is 0. The number of carbonyl (C=O) groups excluding carboxylic acids is 1. The molecule has 0 aliphatic carbocycles. The van der Waals surface area contributed by atoms with E-state index in [2.05, 4.69) is 15.3 Å². The van der Waals surface area contributed by atoms with Gasteiger partial charge in [0, 0.05) is 31.2 Å². The summed E-state index contributed by atoms with van der Waals surface area (Å²) in [5.74, 6) is 0.623. The number of rotatable bonds is 5. The zero-order chi connectivity index (χ0) is 13.0. The average Bonchev–Trinajstić information content (AvgIpc) is 2.96. The van der Waals surface area contributed by atoms with Crippen molar-refractivity contribution in [3.63, 3.8) is 0 Å². The quantitative estimate of drug-likeness (QED) is 0.814. The van der Waals surface area contributed by atoms with Gasteiger partial charge in [-0.05, 0) is 6.54 Å². The number of hydrogen-bond acceptors (Lipinski definition) is 5. The van der Waals surface area contributed by atoms with Crippen LogP contribution in [-0.2, 0) is 20.0 Å². The van der Waals surface area contributed by atoms with Crippen molar-refractivity contribution in [2.45, 2.75) is 13.0 Å². The van der Waals surface area contributed by atoms with Gasteiger partial charge in [0.2, 0.25) is 0 Å². The van der Waals surface area contributed by atoms with Crippen molar-refractivity contribution in [1.82, 2.24) is 19.9 Å². The molecule has 1 amide bonds. The Morgan fingerprint density at radius 1 is 1.61 bits per heavy atom. The molecule has 0 unspecified atom stereocenters. The third-order valence-electron chi connectivity index (χ3n) is 2.47. The zero-order valence-corrected chi connectivity index (χ0v) is 10.9. The molecule has 2 heterocycles. The summed E-state index contributed by atoms with van der Waals surface area (Å²) in [6.45, 7) is 0.938. The maximum absolute atomic E-state index is 11.8. The van der Waals surface area contributed by atoms with Crippen LogP contribution in [0.5, 0.6) is 0 Å². The van der Waals surface area contributed by atoms with Gasteiger partial charge in [-0.1, -0.05) is 0 Å². The number of hydrogen-bond donors (Lipinski definition) is 2. The van der Waals surface area contributed by atoms with Gasteiger partial charge in [-0.2, -0.15) is 0 Å². The highest BCUT2D eigenvalue weighted by molar-refractivity contribution is 7.09. The number of aromatic nitrogens is 3. The summed E-state index contributed by atoms with van der Waals surface area (Å²) in [5, 5.41) is 5.43. The molecule has 96 valence electrons. The maximum Gasteiger partial charge on any atom is 0.271 e. The first-order valence-electron chi connectivity index (χ1n) is 5.59. The van der Waals surface area contributed by atoms with Crippen molar-refractivity contribution in [2.24, 2.45) is 12.8 Å². The number of nitrogens with zero attached hydrogens (tertiary/aromatic N) is 3. The first kappa shape index (κ1) is 12.7. The summed E-state index contributed by atoms with van der Waals surface area (Å²) in [4.78, 5) is 20.2. The molecule has 0 saturated heterocycles. The van der Waals surface area contributed by atoms with Crippen molar-refractivity contribution in [1.29, 1.82) is 0 Å². The predicted octanol–water partition coefficient (Wildman–Crippen LogP) is 0.308. The zero-order valence-electron chi connectivity index (χ0n) is 10.1. The molecule has 0 aliphatic rings. The Morgan fingerprint density at radius 3 is 3.11 bits per heavy atom. The molecule has 3 N–H and O–H groups in total. The van der Waals surface area contributed by atoms with Crippen LogP contribution in [0.3, 0.4) is 0 Å². The lowest BCUT2D eigenvalue weighted by molar-refractivity contribution is 0.0945. The van der Waals surface area contributed by atoms with Crippen molar-refractivity contribution in [3.8, 4) is 0 Å². The summed E-state index contributed by atoms with van der Waals surface area (Å²) in [6.07, 6.45) is 4.24. The Kier molecular flexibility index (Phi) is 4.06. The van der Waals surface area contributed by atoms with Gasteiger partial charge in [0.25, 0.3) is 5.91 Å². The molecule has 2 aromatic heterocycles. The van der Waals surface area contributed by atoms with Gasteiger partial charge in [0.1, 0.15) is 11.5 Å². The highest BCUT2D eigenvalue weighted by atomic mass is 32.1. The SMILES string of the molecule is Cn1ccnc1CNC(=O)c1csc(CCN)n1. The van der Waals surface area contributed by atoms with Crippen LogP contribution >= 0.6 is 11.3 Å². The number of aryl methyl sites for hydroxylation is 1. The predicted molar refractivity (Wildman–Crippen MR) is 69.3 cm³/mol. The first-order chi connectivity index (χ1) is 8.70. The lowest BCUT2D eigenvalue weighted by atomic mass is 10.4. The van der Waals surface area contributed by atoms with E-state index < -0.39 is 0 Å². The molecular weight excluding hydrogens is 250 g/mol. The van der Waals surface area contributed by atoms with E-state index in [-0.39, 0.29) is 5.91 Å². The Labute approximate surface area is 109 Å². The number of imidazole rings is 1. The molecule has 0 atom stereocenters. The fraction of sp³-hybridized carbons (Fsp3) is 0.364. The minimum atomic E-state index is -0.183. The summed E-state index contributed by atoms with van der Waals surface area (Å²) in [7, 11) is 1.89. The smallest absolute Gasteiger partial charge is 0.271 e. The van der Waals surface area contributed by atoms with E-state index in [1.54, 1.807) is 11.6 Å². The Hall–Kier alpha value is -1.73. The van der Waals surface area contributed by atoms with Crippen LogP contribution < -0.4 is 11.1 Å². The number of thiazole rings is 1. The minimum Gasteiger partial charge on any atom is -0.343 e. The minimum absolute atomic E-state index is 0.183. The van der Waals surface area contributed by atoms with E-state index >= 15 is 0 Å². The molecule has 18 heavy (non-hydrogen) atoms. The molecule has 7 heteroatoms. The van der Waals surface area contributed by atoms with E-state index in [4.69, 9.17) is 5.73 Å². The van der Waals surface area contributed by atoms with Crippen LogP contribution in [0.4, 0.5) is 0 Å². The van der Waals surface area contributed by atoms with Gasteiger partial charge in [0.05, 0.1) is 11.6 Å². The van der Waals surface area contributed by atoms with E-state index in [9.17, 15) is 4.79 Å². The molecule has 0 saturated carbocycles. The van der Waals surface area contributed by atoms with Gasteiger partial charge in [-0.15, -0.1) is 11.3 Å². The van der Waals surface area contributed by atoms with Crippen LogP contribution in [0.25, 0.3) is 0 Å². The highest BCUT2D eigenvalue weighted by Crippen LogP contribution is 2.10. The Bertz CT molecular complexity index is 533. The van der Waals surface area contributed by atoms with Gasteiger partial charge >= 0.3 is 0 Å². The molecule has 0 fully saturated rings. The molecule has 0 aromatic carbocycles.